The number of hydrogen-bond donors (Lipinski definition) is 3. The van der Waals surface area contributed by atoms with Crippen LogP contribution < -0.4 is 27.1 Å². The zero-order chi connectivity index (χ0) is 12.1. The number of nitrogens with two attached hydrogens (primary N) is 3. The molecular weight excluding hydrogens is 219 g/mol. The summed E-state index contributed by atoms with van der Waals surface area (Å²) in [6.07, 6.45) is 0.271. The van der Waals surface area contributed by atoms with Gasteiger partial charge in [-0.2, -0.15) is 0 Å². The Hall–Kier alpha value is -1.40. The molecule has 0 fully saturated rings. The van der Waals surface area contributed by atoms with Crippen molar-refractivity contribution in [3.8, 4) is 0 Å². The van der Waals surface area contributed by atoms with Gasteiger partial charge in [-0.3, -0.25) is 0 Å². The molecule has 1 rings (SSSR count). The normalized spacial score (nSPS) is 13.5. The predicted octanol–water partition coefficient (Wildman–Crippen LogP) is -1.69. The molecule has 0 aliphatic heterocycles. The van der Waals surface area contributed by atoms with Gasteiger partial charge in [0, 0.05) is 7.37 Å². The third-order valence-electron chi connectivity index (χ3n) is 1.30. The van der Waals surface area contributed by atoms with Crippen molar-refractivity contribution in [3.05, 3.63) is 0 Å². The van der Waals surface area contributed by atoms with Crippen LogP contribution in [0.5, 0.6) is 0 Å². The van der Waals surface area contributed by atoms with E-state index in [0.717, 1.165) is 0 Å². The van der Waals surface area contributed by atoms with Gasteiger partial charge in [-0.25, -0.2) is 4.98 Å². The van der Waals surface area contributed by atoms with Gasteiger partial charge in [-0.1, -0.05) is 16.9 Å². The van der Waals surface area contributed by atoms with Crippen LogP contribution in [0.3, 0.4) is 0 Å². The number of nitrogens with one attached hydrogen (secondary N) is 1. The third-order valence-corrected chi connectivity index (χ3v) is 2.45. The summed E-state index contributed by atoms with van der Waals surface area (Å²) in [5, 5.41) is 0. The molecule has 15 heavy (non-hydrogen) atoms. The highest BCUT2D eigenvalue weighted by Crippen LogP contribution is 2.27. The molecular formula is C6H15N6O2P. The minimum Gasteiger partial charge on any atom is -0.799 e. The molecule has 0 aliphatic rings. The molecule has 86 valence electrons. The Morgan fingerprint density at radius 3 is 1.87 bits per heavy atom. The third kappa shape index (κ3) is 7.65. The van der Waals surface area contributed by atoms with Crippen molar-refractivity contribution in [2.24, 2.45) is 0 Å². The molecule has 1 atom stereocenters. The first-order chi connectivity index (χ1) is 6.74. The first-order valence-electron chi connectivity index (χ1n) is 4.10. The molecule has 1 heterocycles. The van der Waals surface area contributed by atoms with Crippen molar-refractivity contribution in [2.45, 2.75) is 6.92 Å². The second kappa shape index (κ2) is 5.47. The second-order valence-electron chi connectivity index (χ2n) is 2.81. The van der Waals surface area contributed by atoms with E-state index < -0.39 is 7.37 Å². The Morgan fingerprint density at radius 1 is 1.33 bits per heavy atom. The summed E-state index contributed by atoms with van der Waals surface area (Å²) in [7, 11) is -2.90. The molecule has 1 aromatic heterocycles. The fraction of sp³-hybridized carbons (Fsp3) is 0.500. The van der Waals surface area contributed by atoms with Gasteiger partial charge in [0.2, 0.25) is 0 Å². The lowest BCUT2D eigenvalue weighted by molar-refractivity contribution is -0.350. The maximum absolute atomic E-state index is 10.0. The van der Waals surface area contributed by atoms with Crippen molar-refractivity contribution >= 4 is 25.2 Å². The second-order valence-corrected chi connectivity index (χ2v) is 5.47. The molecule has 0 bridgehead atoms. The molecule has 0 aromatic carbocycles. The van der Waals surface area contributed by atoms with Gasteiger partial charge in [-0.15, -0.1) is 0 Å². The molecule has 7 N–H and O–H groups in total. The monoisotopic (exact) mass is 234 g/mol. The minimum atomic E-state index is -2.90. The zero-order valence-corrected chi connectivity index (χ0v) is 9.49. The van der Waals surface area contributed by atoms with Gasteiger partial charge in [-0.05, 0) is 12.8 Å². The Bertz CT molecular complexity index is 314. The summed E-state index contributed by atoms with van der Waals surface area (Å²) in [6.45, 7) is 2.88. The summed E-state index contributed by atoms with van der Waals surface area (Å²) in [5.74, 6) is 0.406. The quantitative estimate of drug-likeness (QED) is 0.489. The Kier molecular flexibility index (Phi) is 4.96. The van der Waals surface area contributed by atoms with Crippen LogP contribution >= 0.6 is 7.37 Å². The molecule has 0 radical (unpaired) electrons. The topological polar surface area (TPSA) is 158 Å². The number of nitrogens with zero attached hydrogens (tertiary/aromatic N) is 2. The van der Waals surface area contributed by atoms with Crippen LogP contribution in [0.1, 0.15) is 6.92 Å². The summed E-state index contributed by atoms with van der Waals surface area (Å²) in [6, 6.07) is 0. The minimum absolute atomic E-state index is 0.0729. The van der Waals surface area contributed by atoms with Gasteiger partial charge in [0.25, 0.3) is 0 Å². The van der Waals surface area contributed by atoms with Crippen molar-refractivity contribution < 1.29 is 14.4 Å². The van der Waals surface area contributed by atoms with E-state index in [2.05, 4.69) is 15.0 Å². The van der Waals surface area contributed by atoms with Crippen molar-refractivity contribution in [1.29, 1.82) is 0 Å². The first-order valence-corrected chi connectivity index (χ1v) is 6.35. The van der Waals surface area contributed by atoms with E-state index in [1.165, 1.54) is 6.66 Å². The highest BCUT2D eigenvalue weighted by atomic mass is 31.2. The summed E-state index contributed by atoms with van der Waals surface area (Å²) in [4.78, 5) is 19.6. The van der Waals surface area contributed by atoms with Crippen LogP contribution in [0.2, 0.25) is 0 Å². The number of H-pyrrole nitrogens is 1. The zero-order valence-electron chi connectivity index (χ0n) is 8.60. The standard InChI is InChI=1S/C3H6N6.C3H9O2P/c4-1-7-2(5)9-3(6)8-1;1-3-6(2,4)5/h(H6,4,5,6,7,8,9);3H2,1-2H3,(H,4,5). The Labute approximate surface area is 87.4 Å². The summed E-state index contributed by atoms with van der Waals surface area (Å²) >= 11 is 0. The number of hydrogen-bond acceptors (Lipinski definition) is 7. The Balaban J connectivity index is 0.000000288. The van der Waals surface area contributed by atoms with Crippen LogP contribution in [0, 0.1) is 0 Å². The first kappa shape index (κ1) is 13.6. The fourth-order valence-electron chi connectivity index (χ4n) is 0.459. The fourth-order valence-corrected chi connectivity index (χ4v) is 0.459. The number of rotatable bonds is 1. The van der Waals surface area contributed by atoms with Crippen LogP contribution in [-0.4, -0.2) is 22.8 Å². The highest BCUT2D eigenvalue weighted by molar-refractivity contribution is 7.55. The average molecular weight is 234 g/mol. The van der Waals surface area contributed by atoms with Crippen LogP contribution in [0.4, 0.5) is 17.8 Å². The predicted molar refractivity (Wildman–Crippen MR) is 55.9 cm³/mol. The molecule has 0 saturated carbocycles. The maximum atomic E-state index is 10.0. The van der Waals surface area contributed by atoms with Gasteiger partial charge in [0.05, 0.1) is 0 Å². The maximum Gasteiger partial charge on any atom is 0.320 e. The van der Waals surface area contributed by atoms with E-state index in [1.54, 1.807) is 6.92 Å². The summed E-state index contributed by atoms with van der Waals surface area (Å²) < 4.78 is 10.0. The number of nitrogen functional groups attached to an aromatic ring is 3. The molecule has 0 aliphatic carbocycles. The summed E-state index contributed by atoms with van der Waals surface area (Å²) in [5.41, 5.74) is 15.5. The van der Waals surface area contributed by atoms with Crippen molar-refractivity contribution in [1.82, 2.24) is 9.97 Å². The van der Waals surface area contributed by atoms with Crippen LogP contribution in [-0.2, 0) is 4.57 Å². The smallest absolute Gasteiger partial charge is 0.320 e. The largest absolute Gasteiger partial charge is 0.799 e. The van der Waals surface area contributed by atoms with E-state index in [-0.39, 0.29) is 24.0 Å². The van der Waals surface area contributed by atoms with E-state index in [9.17, 15) is 9.46 Å². The van der Waals surface area contributed by atoms with E-state index >= 15 is 0 Å². The molecule has 8 nitrogen and oxygen atoms in total. The van der Waals surface area contributed by atoms with Gasteiger partial charge in [0.15, 0.2) is 0 Å². The number of anilines is 3. The molecule has 1 unspecified atom stereocenters. The molecule has 0 amide bonds. The van der Waals surface area contributed by atoms with Crippen LogP contribution in [0.15, 0.2) is 0 Å². The van der Waals surface area contributed by atoms with Crippen molar-refractivity contribution in [3.63, 3.8) is 0 Å². The number of aromatic nitrogens is 3. The van der Waals surface area contributed by atoms with Gasteiger partial charge < -0.3 is 26.7 Å². The van der Waals surface area contributed by atoms with Crippen LogP contribution in [0.25, 0.3) is 0 Å². The lowest BCUT2D eigenvalue weighted by Gasteiger charge is -2.12. The lowest BCUT2D eigenvalue weighted by atomic mass is 10.9. The van der Waals surface area contributed by atoms with Gasteiger partial charge in [0.1, 0.15) is 0 Å². The lowest BCUT2D eigenvalue weighted by Crippen LogP contribution is -2.20. The van der Waals surface area contributed by atoms with E-state index in [1.807, 2.05) is 0 Å². The molecule has 9 heteroatoms. The molecule has 1 aromatic rings. The molecule has 0 spiro atoms. The molecule has 0 saturated heterocycles. The SMILES string of the molecule is CCP(C)(=O)[O-].Nc1nc(N)[nH+]c(N)n1. The van der Waals surface area contributed by atoms with E-state index in [0.29, 0.717) is 0 Å². The Morgan fingerprint density at radius 2 is 1.67 bits per heavy atom. The van der Waals surface area contributed by atoms with E-state index in [4.69, 9.17) is 17.2 Å². The van der Waals surface area contributed by atoms with Gasteiger partial charge >= 0.3 is 17.8 Å². The average Bonchev–Trinajstić information content (AvgIpc) is 2.01. The van der Waals surface area contributed by atoms with Crippen molar-refractivity contribution in [2.75, 3.05) is 30.0 Å². The highest BCUT2D eigenvalue weighted by Gasteiger charge is 2.01. The number of aromatic amines is 1.